The molecule has 0 radical (unpaired) electrons. The van der Waals surface area contributed by atoms with Gasteiger partial charge >= 0.3 is 0 Å². The summed E-state index contributed by atoms with van der Waals surface area (Å²) in [5.41, 5.74) is 1.60. The molecule has 2 amide bonds. The Kier molecular flexibility index (Phi) is 5.49. The van der Waals surface area contributed by atoms with Crippen molar-refractivity contribution in [3.8, 4) is 5.75 Å². The molecule has 0 atom stereocenters. The summed E-state index contributed by atoms with van der Waals surface area (Å²) in [5, 5.41) is 0. The largest absolute Gasteiger partial charge is 0.492 e. The molecule has 29 heavy (non-hydrogen) atoms. The second-order valence-corrected chi connectivity index (χ2v) is 7.42. The van der Waals surface area contributed by atoms with Crippen molar-refractivity contribution in [1.29, 1.82) is 0 Å². The van der Waals surface area contributed by atoms with E-state index in [9.17, 15) is 9.59 Å². The smallest absolute Gasteiger partial charge is 0.273 e. The van der Waals surface area contributed by atoms with Crippen molar-refractivity contribution >= 4 is 34.8 Å². The number of nitrogens with zero attached hydrogens (tertiary/aromatic N) is 1. The number of carbonyl (C=O) groups is 2. The molecular weight excluding hydrogens is 382 g/mol. The number of ether oxygens (including phenoxy) is 1. The fraction of sp³-hybridized carbons (Fsp3) is 0.0833. The summed E-state index contributed by atoms with van der Waals surface area (Å²) in [6.07, 6.45) is 0. The number of thioether (sulfide) groups is 1. The molecule has 0 N–H and O–H groups in total. The Morgan fingerprint density at radius 3 is 2.10 bits per heavy atom. The highest BCUT2D eigenvalue weighted by molar-refractivity contribution is 8.04. The van der Waals surface area contributed by atoms with Crippen LogP contribution in [0.3, 0.4) is 0 Å². The first kappa shape index (κ1) is 19.0. The number of anilines is 1. The SMILES string of the molecule is CCOc1ccccc1N1C(=O)C(Sc2ccccc2)=C(c2ccccc2)C1=O. The Morgan fingerprint density at radius 1 is 0.793 bits per heavy atom. The van der Waals surface area contributed by atoms with Crippen LogP contribution in [0.25, 0.3) is 5.57 Å². The number of amides is 2. The number of benzene rings is 3. The van der Waals surface area contributed by atoms with Crippen LogP contribution >= 0.6 is 11.8 Å². The van der Waals surface area contributed by atoms with E-state index < -0.39 is 0 Å². The van der Waals surface area contributed by atoms with Gasteiger partial charge in [0.05, 0.1) is 22.8 Å². The van der Waals surface area contributed by atoms with E-state index >= 15 is 0 Å². The zero-order valence-electron chi connectivity index (χ0n) is 15.9. The number of imide groups is 1. The van der Waals surface area contributed by atoms with Gasteiger partial charge in [-0.25, -0.2) is 4.90 Å². The highest BCUT2D eigenvalue weighted by atomic mass is 32.2. The van der Waals surface area contributed by atoms with Gasteiger partial charge in [-0.15, -0.1) is 0 Å². The molecular formula is C24H19NO3S. The Labute approximate surface area is 173 Å². The lowest BCUT2D eigenvalue weighted by Gasteiger charge is -2.18. The van der Waals surface area contributed by atoms with Crippen LogP contribution in [0.5, 0.6) is 5.75 Å². The third-order valence-corrected chi connectivity index (χ3v) is 5.56. The van der Waals surface area contributed by atoms with Gasteiger partial charge in [0.1, 0.15) is 5.75 Å². The molecule has 5 heteroatoms. The van der Waals surface area contributed by atoms with Gasteiger partial charge in [-0.05, 0) is 36.8 Å². The molecule has 3 aromatic rings. The normalized spacial score (nSPS) is 13.9. The molecule has 1 aliphatic rings. The standard InChI is InChI=1S/C24H19NO3S/c1-2-28-20-16-10-9-15-19(20)25-23(26)21(17-11-5-3-6-12-17)22(24(25)27)29-18-13-7-4-8-14-18/h3-16H,2H2,1H3. The maximum absolute atomic E-state index is 13.5. The molecule has 4 rings (SSSR count). The summed E-state index contributed by atoms with van der Waals surface area (Å²) in [6, 6.07) is 26.0. The van der Waals surface area contributed by atoms with Crippen molar-refractivity contribution in [2.24, 2.45) is 0 Å². The summed E-state index contributed by atoms with van der Waals surface area (Å²) < 4.78 is 5.67. The van der Waals surface area contributed by atoms with E-state index in [2.05, 4.69) is 0 Å². The summed E-state index contributed by atoms with van der Waals surface area (Å²) in [5.74, 6) is -0.170. The molecule has 0 aromatic heterocycles. The molecule has 0 unspecified atom stereocenters. The Hall–Kier alpha value is -3.31. The summed E-state index contributed by atoms with van der Waals surface area (Å²) >= 11 is 1.31. The van der Waals surface area contributed by atoms with Gasteiger partial charge in [0.15, 0.2) is 0 Å². The van der Waals surface area contributed by atoms with Gasteiger partial charge in [-0.1, -0.05) is 72.4 Å². The molecule has 4 nitrogen and oxygen atoms in total. The van der Waals surface area contributed by atoms with Gasteiger partial charge in [0.25, 0.3) is 11.8 Å². The number of carbonyl (C=O) groups excluding carboxylic acids is 2. The quantitative estimate of drug-likeness (QED) is 0.535. The lowest BCUT2D eigenvalue weighted by Crippen LogP contribution is -2.31. The zero-order chi connectivity index (χ0) is 20.2. The summed E-state index contributed by atoms with van der Waals surface area (Å²) in [6.45, 7) is 2.31. The zero-order valence-corrected chi connectivity index (χ0v) is 16.7. The molecule has 1 heterocycles. The minimum Gasteiger partial charge on any atom is -0.492 e. The minimum atomic E-state index is -0.341. The molecule has 0 fully saturated rings. The van der Waals surface area contributed by atoms with Crippen LogP contribution in [-0.2, 0) is 9.59 Å². The van der Waals surface area contributed by atoms with E-state index in [1.54, 1.807) is 18.2 Å². The van der Waals surface area contributed by atoms with E-state index in [-0.39, 0.29) is 11.8 Å². The first-order valence-electron chi connectivity index (χ1n) is 9.34. The van der Waals surface area contributed by atoms with Gasteiger partial charge in [-0.3, -0.25) is 9.59 Å². The predicted octanol–water partition coefficient (Wildman–Crippen LogP) is 5.16. The van der Waals surface area contributed by atoms with Crippen molar-refractivity contribution in [3.05, 3.63) is 95.4 Å². The van der Waals surface area contributed by atoms with Crippen LogP contribution < -0.4 is 9.64 Å². The molecule has 0 saturated carbocycles. The van der Waals surface area contributed by atoms with Crippen molar-refractivity contribution in [2.45, 2.75) is 11.8 Å². The van der Waals surface area contributed by atoms with Crippen molar-refractivity contribution in [2.75, 3.05) is 11.5 Å². The highest BCUT2D eigenvalue weighted by Crippen LogP contribution is 2.43. The van der Waals surface area contributed by atoms with E-state index in [1.165, 1.54) is 16.7 Å². The van der Waals surface area contributed by atoms with Crippen LogP contribution in [0.4, 0.5) is 5.69 Å². The van der Waals surface area contributed by atoms with E-state index in [1.807, 2.05) is 73.7 Å². The van der Waals surface area contributed by atoms with Crippen molar-refractivity contribution in [1.82, 2.24) is 0 Å². The predicted molar refractivity (Wildman–Crippen MR) is 116 cm³/mol. The first-order valence-corrected chi connectivity index (χ1v) is 10.2. The second-order valence-electron chi connectivity index (χ2n) is 6.33. The van der Waals surface area contributed by atoms with Crippen molar-refractivity contribution in [3.63, 3.8) is 0 Å². The maximum atomic E-state index is 13.5. The van der Waals surface area contributed by atoms with Crippen LogP contribution in [0, 0.1) is 0 Å². The maximum Gasteiger partial charge on any atom is 0.273 e. The van der Waals surface area contributed by atoms with Crippen molar-refractivity contribution < 1.29 is 14.3 Å². The third-order valence-electron chi connectivity index (χ3n) is 4.47. The second kappa shape index (κ2) is 8.37. The van der Waals surface area contributed by atoms with Crippen LogP contribution in [0.2, 0.25) is 0 Å². The Bertz CT molecular complexity index is 1080. The highest BCUT2D eigenvalue weighted by Gasteiger charge is 2.41. The topological polar surface area (TPSA) is 46.6 Å². The monoisotopic (exact) mass is 401 g/mol. The van der Waals surface area contributed by atoms with Gasteiger partial charge in [0.2, 0.25) is 0 Å². The molecule has 144 valence electrons. The molecule has 0 aliphatic carbocycles. The van der Waals surface area contributed by atoms with E-state index in [0.29, 0.717) is 28.5 Å². The lowest BCUT2D eigenvalue weighted by atomic mass is 10.1. The molecule has 0 saturated heterocycles. The molecule has 0 bridgehead atoms. The number of hydrogen-bond acceptors (Lipinski definition) is 4. The minimum absolute atomic E-state index is 0.338. The van der Waals surface area contributed by atoms with Gasteiger partial charge in [-0.2, -0.15) is 0 Å². The fourth-order valence-corrected chi connectivity index (χ4v) is 4.22. The number of rotatable bonds is 6. The Balaban J connectivity index is 1.82. The summed E-state index contributed by atoms with van der Waals surface area (Å²) in [7, 11) is 0. The number of hydrogen-bond donors (Lipinski definition) is 0. The van der Waals surface area contributed by atoms with Crippen LogP contribution in [-0.4, -0.2) is 18.4 Å². The molecule has 3 aromatic carbocycles. The first-order chi connectivity index (χ1) is 14.2. The molecule has 0 spiro atoms. The van der Waals surface area contributed by atoms with Crippen LogP contribution in [0.15, 0.2) is 94.7 Å². The fourth-order valence-electron chi connectivity index (χ4n) is 3.21. The molecule has 1 aliphatic heterocycles. The van der Waals surface area contributed by atoms with Gasteiger partial charge in [0, 0.05) is 4.90 Å². The summed E-state index contributed by atoms with van der Waals surface area (Å²) in [4.78, 5) is 29.4. The van der Waals surface area contributed by atoms with E-state index in [4.69, 9.17) is 4.74 Å². The van der Waals surface area contributed by atoms with E-state index in [0.717, 1.165) is 10.5 Å². The van der Waals surface area contributed by atoms with Crippen LogP contribution in [0.1, 0.15) is 12.5 Å². The average molecular weight is 401 g/mol. The Morgan fingerprint density at radius 2 is 1.41 bits per heavy atom. The lowest BCUT2D eigenvalue weighted by molar-refractivity contribution is -0.119. The van der Waals surface area contributed by atoms with Gasteiger partial charge < -0.3 is 4.74 Å². The number of para-hydroxylation sites is 2. The third kappa shape index (κ3) is 3.69. The average Bonchev–Trinajstić information content (AvgIpc) is 3.00.